The zero-order chi connectivity index (χ0) is 25.3. The van der Waals surface area contributed by atoms with Crippen molar-refractivity contribution in [3.05, 3.63) is 72.1 Å². The molecule has 2 amide bonds. The van der Waals surface area contributed by atoms with E-state index in [0.717, 1.165) is 30.0 Å². The number of hydrogen-bond acceptors (Lipinski definition) is 5. The third-order valence-electron chi connectivity index (χ3n) is 6.87. The number of rotatable bonds is 6. The SMILES string of the molecule is CC(C)CN1CC(=O)N2CC[C@@H](CC(=O)NCc3ccccn3)[C@@H](C=CCOc3ccccc3C1)C2. The molecule has 2 aliphatic rings. The van der Waals surface area contributed by atoms with Crippen molar-refractivity contribution in [2.24, 2.45) is 17.8 Å². The molecule has 0 spiro atoms. The molecule has 1 aromatic heterocycles. The van der Waals surface area contributed by atoms with Crippen LogP contribution in [0, 0.1) is 17.8 Å². The van der Waals surface area contributed by atoms with Crippen LogP contribution in [0.25, 0.3) is 0 Å². The molecule has 2 aromatic rings. The quantitative estimate of drug-likeness (QED) is 0.626. The Morgan fingerprint density at radius 3 is 2.81 bits per heavy atom. The van der Waals surface area contributed by atoms with Crippen LogP contribution in [-0.2, 0) is 22.7 Å². The second-order valence-electron chi connectivity index (χ2n) is 10.3. The van der Waals surface area contributed by atoms with Crippen LogP contribution in [0.1, 0.15) is 37.9 Å². The molecule has 7 nitrogen and oxygen atoms in total. The number of piperidine rings is 1. The number of amides is 2. The molecule has 0 saturated carbocycles. The minimum Gasteiger partial charge on any atom is -0.489 e. The molecular formula is C29H38N4O3. The largest absolute Gasteiger partial charge is 0.489 e. The molecule has 36 heavy (non-hydrogen) atoms. The highest BCUT2D eigenvalue weighted by atomic mass is 16.5. The Labute approximate surface area is 214 Å². The molecule has 0 radical (unpaired) electrons. The Balaban J connectivity index is 1.46. The molecule has 1 fully saturated rings. The van der Waals surface area contributed by atoms with Crippen LogP contribution in [-0.4, -0.2) is 59.4 Å². The number of nitrogens with one attached hydrogen (secondary N) is 1. The molecule has 0 aliphatic carbocycles. The predicted octanol–water partition coefficient (Wildman–Crippen LogP) is 3.66. The van der Waals surface area contributed by atoms with Gasteiger partial charge >= 0.3 is 0 Å². The highest BCUT2D eigenvalue weighted by Crippen LogP contribution is 2.29. The molecule has 192 valence electrons. The first-order valence-electron chi connectivity index (χ1n) is 13.0. The minimum absolute atomic E-state index is 0.0232. The van der Waals surface area contributed by atoms with Crippen LogP contribution in [0.3, 0.4) is 0 Å². The molecule has 2 aliphatic heterocycles. The molecule has 0 unspecified atom stereocenters. The zero-order valence-corrected chi connectivity index (χ0v) is 21.4. The van der Waals surface area contributed by atoms with Crippen LogP contribution in [0.4, 0.5) is 0 Å². The summed E-state index contributed by atoms with van der Waals surface area (Å²) >= 11 is 0. The summed E-state index contributed by atoms with van der Waals surface area (Å²) in [5.41, 5.74) is 1.94. The summed E-state index contributed by atoms with van der Waals surface area (Å²) in [6.45, 7) is 8.48. The smallest absolute Gasteiger partial charge is 0.236 e. The van der Waals surface area contributed by atoms with Gasteiger partial charge in [-0.15, -0.1) is 0 Å². The van der Waals surface area contributed by atoms with Crippen molar-refractivity contribution in [1.82, 2.24) is 20.1 Å². The first-order chi connectivity index (χ1) is 17.5. The van der Waals surface area contributed by atoms with Crippen LogP contribution in [0.2, 0.25) is 0 Å². The van der Waals surface area contributed by atoms with Gasteiger partial charge in [-0.2, -0.15) is 0 Å². The average molecular weight is 491 g/mol. The van der Waals surface area contributed by atoms with E-state index in [4.69, 9.17) is 4.74 Å². The third kappa shape index (κ3) is 7.40. The van der Waals surface area contributed by atoms with Gasteiger partial charge in [0, 0.05) is 44.4 Å². The molecule has 1 N–H and O–H groups in total. The summed E-state index contributed by atoms with van der Waals surface area (Å²) < 4.78 is 6.12. The Hall–Kier alpha value is -3.19. The number of carbonyl (C=O) groups excluding carboxylic acids is 2. The van der Waals surface area contributed by atoms with E-state index in [1.165, 1.54) is 0 Å². The average Bonchev–Trinajstić information content (AvgIpc) is 2.87. The van der Waals surface area contributed by atoms with Gasteiger partial charge in [-0.3, -0.25) is 19.5 Å². The molecule has 2 bridgehead atoms. The van der Waals surface area contributed by atoms with Crippen molar-refractivity contribution < 1.29 is 14.3 Å². The maximum absolute atomic E-state index is 13.4. The molecular weight excluding hydrogens is 452 g/mol. The zero-order valence-electron chi connectivity index (χ0n) is 21.4. The van der Waals surface area contributed by atoms with Gasteiger partial charge in [-0.25, -0.2) is 0 Å². The summed E-state index contributed by atoms with van der Waals surface area (Å²) in [6.07, 6.45) is 7.16. The van der Waals surface area contributed by atoms with E-state index in [1.807, 2.05) is 47.4 Å². The van der Waals surface area contributed by atoms with Crippen molar-refractivity contribution >= 4 is 11.8 Å². The summed E-state index contributed by atoms with van der Waals surface area (Å²) in [4.78, 5) is 34.6. The highest BCUT2D eigenvalue weighted by Gasteiger charge is 2.32. The Morgan fingerprint density at radius 1 is 1.17 bits per heavy atom. The number of nitrogens with zero attached hydrogens (tertiary/aromatic N) is 3. The van der Waals surface area contributed by atoms with Crippen LogP contribution >= 0.6 is 0 Å². The number of hydrogen-bond donors (Lipinski definition) is 1. The Bertz CT molecular complexity index is 1040. The van der Waals surface area contributed by atoms with E-state index in [2.05, 4.69) is 41.2 Å². The molecule has 4 rings (SSSR count). The van der Waals surface area contributed by atoms with Crippen LogP contribution in [0.5, 0.6) is 5.75 Å². The van der Waals surface area contributed by atoms with Crippen molar-refractivity contribution in [3.63, 3.8) is 0 Å². The van der Waals surface area contributed by atoms with Crippen molar-refractivity contribution in [3.8, 4) is 5.75 Å². The van der Waals surface area contributed by atoms with Crippen LogP contribution in [0.15, 0.2) is 60.8 Å². The van der Waals surface area contributed by atoms with Gasteiger partial charge < -0.3 is 15.0 Å². The van der Waals surface area contributed by atoms with E-state index >= 15 is 0 Å². The van der Waals surface area contributed by atoms with Gasteiger partial charge in [-0.05, 0) is 42.4 Å². The number of aromatic nitrogens is 1. The monoisotopic (exact) mass is 490 g/mol. The molecule has 7 heteroatoms. The van der Waals surface area contributed by atoms with Crippen molar-refractivity contribution in [2.45, 2.75) is 39.8 Å². The second kappa shape index (κ2) is 12.7. The first-order valence-corrected chi connectivity index (χ1v) is 13.0. The molecule has 1 aromatic carbocycles. The normalized spacial score (nSPS) is 21.1. The Morgan fingerprint density at radius 2 is 2.00 bits per heavy atom. The number of benzene rings is 1. The number of fused-ring (bicyclic) bond motifs is 3. The summed E-state index contributed by atoms with van der Waals surface area (Å²) in [5.74, 6) is 1.78. The van der Waals surface area contributed by atoms with E-state index < -0.39 is 0 Å². The predicted molar refractivity (Wildman–Crippen MR) is 140 cm³/mol. The second-order valence-corrected chi connectivity index (χ2v) is 10.3. The minimum atomic E-state index is 0.0232. The first kappa shape index (κ1) is 25.9. The lowest BCUT2D eigenvalue weighted by Crippen LogP contribution is -2.48. The van der Waals surface area contributed by atoms with Crippen LogP contribution < -0.4 is 10.1 Å². The summed E-state index contributed by atoms with van der Waals surface area (Å²) in [5, 5.41) is 3.00. The fourth-order valence-corrected chi connectivity index (χ4v) is 5.11. The van der Waals surface area contributed by atoms with Gasteiger partial charge in [-0.1, -0.05) is 50.3 Å². The number of pyridine rings is 1. The van der Waals surface area contributed by atoms with Crippen molar-refractivity contribution in [2.75, 3.05) is 32.8 Å². The van der Waals surface area contributed by atoms with Gasteiger partial charge in [0.2, 0.25) is 11.8 Å². The topological polar surface area (TPSA) is 74.8 Å². The van der Waals surface area contributed by atoms with Gasteiger partial charge in [0.05, 0.1) is 18.8 Å². The third-order valence-corrected chi connectivity index (χ3v) is 6.87. The van der Waals surface area contributed by atoms with E-state index in [-0.39, 0.29) is 23.7 Å². The fourth-order valence-electron chi connectivity index (χ4n) is 5.11. The number of carbonyl (C=O) groups is 2. The lowest BCUT2D eigenvalue weighted by molar-refractivity contribution is -0.135. The highest BCUT2D eigenvalue weighted by molar-refractivity contribution is 5.79. The number of para-hydroxylation sites is 1. The van der Waals surface area contributed by atoms with E-state index in [0.29, 0.717) is 51.7 Å². The molecule has 2 atom stereocenters. The lowest BCUT2D eigenvalue weighted by Gasteiger charge is -2.38. The maximum atomic E-state index is 13.4. The lowest BCUT2D eigenvalue weighted by atomic mass is 9.82. The van der Waals surface area contributed by atoms with Gasteiger partial charge in [0.15, 0.2) is 0 Å². The van der Waals surface area contributed by atoms with Crippen molar-refractivity contribution in [1.29, 1.82) is 0 Å². The maximum Gasteiger partial charge on any atom is 0.236 e. The summed E-state index contributed by atoms with van der Waals surface area (Å²) in [7, 11) is 0. The fraction of sp³-hybridized carbons (Fsp3) is 0.483. The van der Waals surface area contributed by atoms with Gasteiger partial charge in [0.1, 0.15) is 12.4 Å². The number of ether oxygens (including phenoxy) is 1. The van der Waals surface area contributed by atoms with Gasteiger partial charge in [0.25, 0.3) is 0 Å². The van der Waals surface area contributed by atoms with E-state index in [9.17, 15) is 9.59 Å². The molecule has 1 saturated heterocycles. The standard InChI is InChI=1S/C29H38N4O3/c1-22(2)18-32-19-25-8-3-4-11-27(25)36-15-7-9-24-20-33(29(35)21-32)14-12-23(24)16-28(34)31-17-26-10-5-6-13-30-26/h3-11,13,22-24H,12,14-21H2,1-2H3,(H,31,34)/t23-,24-/m0/s1. The van der Waals surface area contributed by atoms with E-state index in [1.54, 1.807) is 6.20 Å². The summed E-state index contributed by atoms with van der Waals surface area (Å²) in [6, 6.07) is 13.8. The molecule has 3 heterocycles. The Kier molecular flexibility index (Phi) is 9.11.